The Labute approximate surface area is 138 Å². The predicted molar refractivity (Wildman–Crippen MR) is 90.8 cm³/mol. The van der Waals surface area contributed by atoms with Crippen molar-refractivity contribution in [2.75, 3.05) is 18.5 Å². The monoisotopic (exact) mass is 318 g/mol. The molecular weight excluding hydrogens is 292 g/mol. The number of rotatable bonds is 3. The number of benzene rings is 1. The van der Waals surface area contributed by atoms with Gasteiger partial charge in [0.05, 0.1) is 5.41 Å². The molecule has 0 atom stereocenters. The molecule has 23 heavy (non-hydrogen) atoms. The summed E-state index contributed by atoms with van der Waals surface area (Å²) in [6.07, 6.45) is 0.279. The number of carbonyl (C=O) groups excluding carboxylic acids is 2. The third kappa shape index (κ3) is 3.66. The van der Waals surface area contributed by atoms with Crippen molar-refractivity contribution in [1.29, 1.82) is 0 Å². The van der Waals surface area contributed by atoms with Crippen LogP contribution in [0.4, 0.5) is 10.5 Å². The van der Waals surface area contributed by atoms with E-state index in [0.717, 1.165) is 16.8 Å². The van der Waals surface area contributed by atoms with Gasteiger partial charge in [-0.2, -0.15) is 0 Å². The Morgan fingerprint density at radius 2 is 1.96 bits per heavy atom. The van der Waals surface area contributed by atoms with Crippen LogP contribution in [0.25, 0.3) is 0 Å². The Bertz CT molecular complexity index is 630. The summed E-state index contributed by atoms with van der Waals surface area (Å²) in [5.74, 6) is 0.108. The SMILES string of the molecule is CN1C(=O)C(C)(C)c2ccc(CCNC(=O)OC(C)(C)C)cc21. The summed E-state index contributed by atoms with van der Waals surface area (Å²) >= 11 is 0. The van der Waals surface area contributed by atoms with Gasteiger partial charge in [-0.15, -0.1) is 0 Å². The molecule has 2 amide bonds. The molecule has 1 aromatic carbocycles. The number of nitrogens with one attached hydrogen (secondary N) is 1. The zero-order valence-corrected chi connectivity index (χ0v) is 14.8. The minimum Gasteiger partial charge on any atom is -0.444 e. The van der Waals surface area contributed by atoms with Gasteiger partial charge in [0.25, 0.3) is 0 Å². The van der Waals surface area contributed by atoms with Crippen LogP contribution in [0.2, 0.25) is 0 Å². The molecule has 0 saturated carbocycles. The molecule has 1 N–H and O–H groups in total. The molecule has 1 aliphatic heterocycles. The molecule has 0 unspecified atom stereocenters. The Balaban J connectivity index is 2.00. The van der Waals surface area contributed by atoms with Gasteiger partial charge < -0.3 is 15.0 Å². The van der Waals surface area contributed by atoms with Crippen LogP contribution in [-0.4, -0.2) is 31.2 Å². The second-order valence-electron chi connectivity index (χ2n) is 7.52. The summed E-state index contributed by atoms with van der Waals surface area (Å²) in [5.41, 5.74) is 2.12. The van der Waals surface area contributed by atoms with Crippen molar-refractivity contribution < 1.29 is 14.3 Å². The van der Waals surface area contributed by atoms with Crippen molar-refractivity contribution in [1.82, 2.24) is 5.32 Å². The first-order valence-corrected chi connectivity index (χ1v) is 7.91. The van der Waals surface area contributed by atoms with Gasteiger partial charge in [0.1, 0.15) is 5.60 Å². The van der Waals surface area contributed by atoms with Crippen LogP contribution in [-0.2, 0) is 21.4 Å². The third-order valence-electron chi connectivity index (χ3n) is 4.02. The summed E-state index contributed by atoms with van der Waals surface area (Å²) in [4.78, 5) is 25.6. The number of alkyl carbamates (subject to hydrolysis) is 1. The summed E-state index contributed by atoms with van der Waals surface area (Å²) in [6, 6.07) is 6.06. The summed E-state index contributed by atoms with van der Waals surface area (Å²) < 4.78 is 5.21. The highest BCUT2D eigenvalue weighted by molar-refractivity contribution is 6.07. The number of hydrogen-bond donors (Lipinski definition) is 1. The Morgan fingerprint density at radius 1 is 1.30 bits per heavy atom. The van der Waals surface area contributed by atoms with Gasteiger partial charge in [-0.1, -0.05) is 12.1 Å². The lowest BCUT2D eigenvalue weighted by Gasteiger charge is -2.19. The van der Waals surface area contributed by atoms with E-state index in [9.17, 15) is 9.59 Å². The maximum Gasteiger partial charge on any atom is 0.407 e. The maximum absolute atomic E-state index is 12.3. The van der Waals surface area contributed by atoms with Crippen molar-refractivity contribution in [3.8, 4) is 0 Å². The van der Waals surface area contributed by atoms with Gasteiger partial charge >= 0.3 is 6.09 Å². The van der Waals surface area contributed by atoms with Gasteiger partial charge in [-0.25, -0.2) is 4.79 Å². The van der Waals surface area contributed by atoms with E-state index in [1.54, 1.807) is 11.9 Å². The second kappa shape index (κ2) is 5.87. The molecule has 5 heteroatoms. The molecule has 0 saturated heterocycles. The Kier molecular flexibility index (Phi) is 4.42. The number of amides is 2. The lowest BCUT2D eigenvalue weighted by Crippen LogP contribution is -2.33. The fraction of sp³-hybridized carbons (Fsp3) is 0.556. The van der Waals surface area contributed by atoms with Crippen molar-refractivity contribution in [3.63, 3.8) is 0 Å². The predicted octanol–water partition coefficient (Wildman–Crippen LogP) is 3.01. The fourth-order valence-electron chi connectivity index (χ4n) is 2.81. The fourth-order valence-corrected chi connectivity index (χ4v) is 2.81. The Morgan fingerprint density at radius 3 is 2.57 bits per heavy atom. The number of fused-ring (bicyclic) bond motifs is 1. The molecule has 1 aromatic rings. The first kappa shape index (κ1) is 17.3. The van der Waals surface area contributed by atoms with Crippen LogP contribution in [0.3, 0.4) is 0 Å². The zero-order chi connectivity index (χ0) is 17.4. The molecule has 1 heterocycles. The van der Waals surface area contributed by atoms with Crippen LogP contribution in [0.5, 0.6) is 0 Å². The van der Waals surface area contributed by atoms with Gasteiger partial charge in [0.2, 0.25) is 5.91 Å². The number of carbonyl (C=O) groups is 2. The quantitative estimate of drug-likeness (QED) is 0.932. The molecule has 0 aromatic heterocycles. The normalized spacial score (nSPS) is 16.3. The molecular formula is C18H26N2O3. The zero-order valence-electron chi connectivity index (χ0n) is 14.8. The molecule has 5 nitrogen and oxygen atoms in total. The number of ether oxygens (including phenoxy) is 1. The molecule has 0 radical (unpaired) electrons. The number of hydrogen-bond acceptors (Lipinski definition) is 3. The van der Waals surface area contributed by atoms with Gasteiger partial charge in [-0.05, 0) is 58.2 Å². The lowest BCUT2D eigenvalue weighted by molar-refractivity contribution is -0.121. The standard InChI is InChI=1S/C18H26N2O3/c1-17(2,3)23-16(22)19-10-9-12-7-8-13-14(11-12)20(6)15(21)18(13,4)5/h7-8,11H,9-10H2,1-6H3,(H,19,22). The molecule has 2 rings (SSSR count). The first-order valence-electron chi connectivity index (χ1n) is 7.91. The minimum atomic E-state index is -0.494. The van der Waals surface area contributed by atoms with Gasteiger partial charge in [0, 0.05) is 19.3 Å². The van der Waals surface area contributed by atoms with Crippen LogP contribution in [0.15, 0.2) is 18.2 Å². The van der Waals surface area contributed by atoms with Gasteiger partial charge in [-0.3, -0.25) is 4.79 Å². The summed E-state index contributed by atoms with van der Waals surface area (Å²) in [5, 5.41) is 2.75. The molecule has 0 fully saturated rings. The van der Waals surface area contributed by atoms with Crippen LogP contribution in [0, 0.1) is 0 Å². The van der Waals surface area contributed by atoms with E-state index in [-0.39, 0.29) is 5.91 Å². The minimum absolute atomic E-state index is 0.108. The van der Waals surface area contributed by atoms with E-state index < -0.39 is 17.1 Å². The lowest BCUT2D eigenvalue weighted by atomic mass is 9.86. The van der Waals surface area contributed by atoms with Crippen LogP contribution in [0.1, 0.15) is 45.7 Å². The molecule has 0 bridgehead atoms. The van der Waals surface area contributed by atoms with E-state index in [4.69, 9.17) is 4.74 Å². The number of nitrogens with zero attached hydrogens (tertiary/aromatic N) is 1. The van der Waals surface area contributed by atoms with Crippen molar-refractivity contribution in [2.45, 2.75) is 52.1 Å². The average Bonchev–Trinajstić information content (AvgIpc) is 2.58. The second-order valence-corrected chi connectivity index (χ2v) is 7.52. The topological polar surface area (TPSA) is 58.6 Å². The maximum atomic E-state index is 12.3. The highest BCUT2D eigenvalue weighted by Crippen LogP contribution is 2.41. The smallest absolute Gasteiger partial charge is 0.407 e. The highest BCUT2D eigenvalue weighted by Gasteiger charge is 2.41. The molecule has 0 spiro atoms. The molecule has 0 aliphatic carbocycles. The summed E-state index contributed by atoms with van der Waals surface area (Å²) in [6.45, 7) is 9.89. The first-order chi connectivity index (χ1) is 10.5. The van der Waals surface area contributed by atoms with E-state index in [2.05, 4.69) is 5.32 Å². The van der Waals surface area contributed by atoms with Crippen molar-refractivity contribution in [3.05, 3.63) is 29.3 Å². The largest absolute Gasteiger partial charge is 0.444 e. The van der Waals surface area contributed by atoms with Gasteiger partial charge in [0.15, 0.2) is 0 Å². The van der Waals surface area contributed by atoms with E-state index >= 15 is 0 Å². The van der Waals surface area contributed by atoms with E-state index in [0.29, 0.717) is 13.0 Å². The average molecular weight is 318 g/mol. The Hall–Kier alpha value is -2.04. The van der Waals surface area contributed by atoms with E-state index in [1.165, 1.54) is 0 Å². The third-order valence-corrected chi connectivity index (χ3v) is 4.02. The van der Waals surface area contributed by atoms with Crippen LogP contribution >= 0.6 is 0 Å². The molecule has 126 valence electrons. The summed E-state index contributed by atoms with van der Waals surface area (Å²) in [7, 11) is 1.80. The van der Waals surface area contributed by atoms with Crippen molar-refractivity contribution in [2.24, 2.45) is 0 Å². The number of likely N-dealkylation sites (N-methyl/N-ethyl adjacent to an activating group) is 1. The van der Waals surface area contributed by atoms with E-state index in [1.807, 2.05) is 52.8 Å². The van der Waals surface area contributed by atoms with Crippen LogP contribution < -0.4 is 10.2 Å². The number of anilines is 1. The highest BCUT2D eigenvalue weighted by atomic mass is 16.6. The molecule has 1 aliphatic rings. The van der Waals surface area contributed by atoms with Crippen molar-refractivity contribution >= 4 is 17.7 Å².